The maximum absolute atomic E-state index is 3.57. The molecule has 72 valence electrons. The summed E-state index contributed by atoms with van der Waals surface area (Å²) in [6.45, 7) is 4.45. The summed E-state index contributed by atoms with van der Waals surface area (Å²) in [6, 6.07) is 8.79. The normalized spacial score (nSPS) is 13.3. The minimum Gasteiger partial charge on any atom is -0.313 e. The predicted molar refractivity (Wildman–Crippen MR) is 60.8 cm³/mol. The summed E-state index contributed by atoms with van der Waals surface area (Å²) in [6.07, 6.45) is 0. The van der Waals surface area contributed by atoms with Crippen LogP contribution in [0.1, 0.15) is 25.5 Å². The van der Waals surface area contributed by atoms with Crippen LogP contribution in [0.2, 0.25) is 0 Å². The fraction of sp³-hybridized carbons (Fsp3) is 0.455. The molecule has 0 aromatic heterocycles. The van der Waals surface area contributed by atoms with E-state index in [9.17, 15) is 0 Å². The van der Waals surface area contributed by atoms with Crippen LogP contribution in [-0.4, -0.2) is 7.05 Å². The minimum absolute atomic E-state index is 0.426. The molecule has 1 N–H and O–H groups in total. The van der Waals surface area contributed by atoms with E-state index in [-0.39, 0.29) is 0 Å². The highest BCUT2D eigenvalue weighted by Gasteiger charge is 2.15. The Labute approximate surface area is 88.7 Å². The number of hydrogen-bond acceptors (Lipinski definition) is 1. The van der Waals surface area contributed by atoms with Crippen LogP contribution in [0.25, 0.3) is 0 Å². The van der Waals surface area contributed by atoms with Gasteiger partial charge in [-0.1, -0.05) is 48.0 Å². The Morgan fingerprint density at radius 3 is 2.31 bits per heavy atom. The summed E-state index contributed by atoms with van der Waals surface area (Å²) >= 11 is 3.57. The van der Waals surface area contributed by atoms with Gasteiger partial charge in [0.1, 0.15) is 0 Å². The molecule has 1 unspecified atom stereocenters. The van der Waals surface area contributed by atoms with Crippen LogP contribution in [0.5, 0.6) is 0 Å². The minimum atomic E-state index is 0.426. The molecular weight excluding hydrogens is 226 g/mol. The number of benzene rings is 1. The van der Waals surface area contributed by atoms with Crippen molar-refractivity contribution in [2.45, 2.75) is 19.9 Å². The van der Waals surface area contributed by atoms with Crippen LogP contribution in [0.15, 0.2) is 28.7 Å². The quantitative estimate of drug-likeness (QED) is 0.856. The smallest absolute Gasteiger partial charge is 0.0352 e. The number of halogens is 1. The monoisotopic (exact) mass is 241 g/mol. The SMILES string of the molecule is CNC(c1ccccc1Br)C(C)C. The fourth-order valence-corrected chi connectivity index (χ4v) is 2.11. The first-order valence-electron chi connectivity index (χ1n) is 4.58. The van der Waals surface area contributed by atoms with Gasteiger partial charge in [-0.2, -0.15) is 0 Å². The first-order chi connectivity index (χ1) is 6.16. The van der Waals surface area contributed by atoms with Gasteiger partial charge in [0, 0.05) is 10.5 Å². The molecular formula is C11H16BrN. The van der Waals surface area contributed by atoms with Crippen molar-refractivity contribution in [3.63, 3.8) is 0 Å². The Morgan fingerprint density at radius 2 is 1.85 bits per heavy atom. The molecule has 0 heterocycles. The van der Waals surface area contributed by atoms with Gasteiger partial charge >= 0.3 is 0 Å². The summed E-state index contributed by atoms with van der Waals surface area (Å²) in [5, 5.41) is 3.33. The molecule has 0 saturated heterocycles. The molecule has 13 heavy (non-hydrogen) atoms. The lowest BCUT2D eigenvalue weighted by Crippen LogP contribution is -2.21. The van der Waals surface area contributed by atoms with E-state index in [1.54, 1.807) is 0 Å². The fourth-order valence-electron chi connectivity index (χ4n) is 1.58. The maximum atomic E-state index is 3.57. The zero-order valence-electron chi connectivity index (χ0n) is 8.34. The van der Waals surface area contributed by atoms with Gasteiger partial charge < -0.3 is 5.32 Å². The van der Waals surface area contributed by atoms with Gasteiger partial charge in [0.2, 0.25) is 0 Å². The molecule has 1 rings (SSSR count). The lowest BCUT2D eigenvalue weighted by atomic mass is 9.96. The molecule has 0 spiro atoms. The summed E-state index contributed by atoms with van der Waals surface area (Å²) < 4.78 is 1.18. The summed E-state index contributed by atoms with van der Waals surface area (Å²) in [5.74, 6) is 0.601. The van der Waals surface area contributed by atoms with Crippen LogP contribution < -0.4 is 5.32 Å². The Morgan fingerprint density at radius 1 is 1.23 bits per heavy atom. The van der Waals surface area contributed by atoms with Crippen LogP contribution >= 0.6 is 15.9 Å². The highest BCUT2D eigenvalue weighted by Crippen LogP contribution is 2.27. The highest BCUT2D eigenvalue weighted by molar-refractivity contribution is 9.10. The molecule has 1 aromatic rings. The summed E-state index contributed by atoms with van der Waals surface area (Å²) in [4.78, 5) is 0. The predicted octanol–water partition coefficient (Wildman–Crippen LogP) is 3.37. The Hall–Kier alpha value is -0.340. The van der Waals surface area contributed by atoms with Gasteiger partial charge in [-0.25, -0.2) is 0 Å². The standard InChI is InChI=1S/C11H16BrN/c1-8(2)11(13-3)9-6-4-5-7-10(9)12/h4-8,11,13H,1-3H3. The van der Waals surface area contributed by atoms with Crippen molar-refractivity contribution in [3.8, 4) is 0 Å². The van der Waals surface area contributed by atoms with Crippen molar-refractivity contribution < 1.29 is 0 Å². The van der Waals surface area contributed by atoms with E-state index in [1.165, 1.54) is 10.0 Å². The summed E-state index contributed by atoms with van der Waals surface area (Å²) in [7, 11) is 2.00. The molecule has 0 aliphatic rings. The Kier molecular flexibility index (Phi) is 3.94. The van der Waals surface area contributed by atoms with E-state index < -0.39 is 0 Å². The second-order valence-corrected chi connectivity index (χ2v) is 4.39. The number of rotatable bonds is 3. The Balaban J connectivity index is 2.97. The third kappa shape index (κ3) is 2.55. The van der Waals surface area contributed by atoms with Crippen molar-refractivity contribution in [2.75, 3.05) is 7.05 Å². The third-order valence-electron chi connectivity index (χ3n) is 2.22. The zero-order chi connectivity index (χ0) is 9.84. The highest BCUT2D eigenvalue weighted by atomic mass is 79.9. The topological polar surface area (TPSA) is 12.0 Å². The van der Waals surface area contributed by atoms with Gasteiger partial charge in [0.25, 0.3) is 0 Å². The first kappa shape index (κ1) is 10.7. The largest absolute Gasteiger partial charge is 0.313 e. The molecule has 0 amide bonds. The Bertz CT molecular complexity index is 271. The maximum Gasteiger partial charge on any atom is 0.0352 e. The van der Waals surface area contributed by atoms with E-state index >= 15 is 0 Å². The van der Waals surface area contributed by atoms with E-state index in [0.717, 1.165) is 0 Å². The van der Waals surface area contributed by atoms with Crippen LogP contribution in [0.3, 0.4) is 0 Å². The van der Waals surface area contributed by atoms with Crippen molar-refractivity contribution in [1.82, 2.24) is 5.32 Å². The molecule has 0 saturated carbocycles. The van der Waals surface area contributed by atoms with Crippen molar-refractivity contribution >= 4 is 15.9 Å². The van der Waals surface area contributed by atoms with E-state index in [0.29, 0.717) is 12.0 Å². The second kappa shape index (κ2) is 4.77. The van der Waals surface area contributed by atoms with E-state index in [4.69, 9.17) is 0 Å². The molecule has 1 nitrogen and oxygen atoms in total. The van der Waals surface area contributed by atoms with E-state index in [1.807, 2.05) is 13.1 Å². The zero-order valence-corrected chi connectivity index (χ0v) is 9.93. The van der Waals surface area contributed by atoms with Crippen LogP contribution in [-0.2, 0) is 0 Å². The molecule has 0 aliphatic heterocycles. The van der Waals surface area contributed by atoms with Gasteiger partial charge in [-0.05, 0) is 24.6 Å². The molecule has 0 aliphatic carbocycles. The van der Waals surface area contributed by atoms with E-state index in [2.05, 4.69) is 53.3 Å². The molecule has 1 aromatic carbocycles. The molecule has 1 atom stereocenters. The first-order valence-corrected chi connectivity index (χ1v) is 5.37. The van der Waals surface area contributed by atoms with Gasteiger partial charge in [-0.3, -0.25) is 0 Å². The van der Waals surface area contributed by atoms with Gasteiger partial charge in [-0.15, -0.1) is 0 Å². The lowest BCUT2D eigenvalue weighted by Gasteiger charge is -2.21. The van der Waals surface area contributed by atoms with Crippen molar-refractivity contribution in [1.29, 1.82) is 0 Å². The average molecular weight is 242 g/mol. The molecule has 0 bridgehead atoms. The summed E-state index contributed by atoms with van der Waals surface area (Å²) in [5.41, 5.74) is 1.33. The van der Waals surface area contributed by atoms with Crippen molar-refractivity contribution in [2.24, 2.45) is 5.92 Å². The lowest BCUT2D eigenvalue weighted by molar-refractivity contribution is 0.442. The van der Waals surface area contributed by atoms with Crippen LogP contribution in [0.4, 0.5) is 0 Å². The number of hydrogen-bond donors (Lipinski definition) is 1. The van der Waals surface area contributed by atoms with Crippen molar-refractivity contribution in [3.05, 3.63) is 34.3 Å². The van der Waals surface area contributed by atoms with Crippen LogP contribution in [0, 0.1) is 5.92 Å². The molecule has 0 radical (unpaired) electrons. The third-order valence-corrected chi connectivity index (χ3v) is 2.94. The van der Waals surface area contributed by atoms with Gasteiger partial charge in [0.15, 0.2) is 0 Å². The van der Waals surface area contributed by atoms with Gasteiger partial charge in [0.05, 0.1) is 0 Å². The molecule has 0 fully saturated rings. The second-order valence-electron chi connectivity index (χ2n) is 3.53. The number of nitrogens with one attached hydrogen (secondary N) is 1. The average Bonchev–Trinajstić information content (AvgIpc) is 2.09. The molecule has 2 heteroatoms.